The maximum atomic E-state index is 12.5. The predicted octanol–water partition coefficient (Wildman–Crippen LogP) is 3.43. The van der Waals surface area contributed by atoms with Crippen LogP contribution in [-0.2, 0) is 4.79 Å². The van der Waals surface area contributed by atoms with E-state index in [1.165, 1.54) is 0 Å². The Bertz CT molecular complexity index is 841. The van der Waals surface area contributed by atoms with Crippen molar-refractivity contribution in [1.82, 2.24) is 14.7 Å². The smallest absolute Gasteiger partial charge is 0.242 e. The number of carbonyl (C=O) groups excluding carboxylic acids is 1. The third-order valence-corrected chi connectivity index (χ3v) is 4.18. The summed E-state index contributed by atoms with van der Waals surface area (Å²) in [5.74, 6) is 0.588. The van der Waals surface area contributed by atoms with Crippen molar-refractivity contribution in [3.63, 3.8) is 0 Å². The Morgan fingerprint density at radius 3 is 2.24 bits per heavy atom. The molecule has 1 amide bonds. The minimum absolute atomic E-state index is 0.0679. The summed E-state index contributed by atoms with van der Waals surface area (Å²) in [6.45, 7) is 1.87. The van der Waals surface area contributed by atoms with Crippen LogP contribution < -0.4 is 5.32 Å². The fraction of sp³-hybridized carbons (Fsp3) is 0.200. The normalized spacial score (nSPS) is 12.2. The second kappa shape index (κ2) is 7.32. The topological polar surface area (TPSA) is 50.2 Å². The van der Waals surface area contributed by atoms with Gasteiger partial charge in [0.2, 0.25) is 5.91 Å². The zero-order chi connectivity index (χ0) is 17.8. The fourth-order valence-corrected chi connectivity index (χ4v) is 2.45. The summed E-state index contributed by atoms with van der Waals surface area (Å²) in [5, 5.41) is 7.70. The van der Waals surface area contributed by atoms with Gasteiger partial charge in [0.15, 0.2) is 0 Å². The summed E-state index contributed by atoms with van der Waals surface area (Å²) in [7, 11) is 3.77. The molecule has 1 aromatic heterocycles. The molecule has 0 radical (unpaired) electrons. The highest BCUT2D eigenvalue weighted by molar-refractivity contribution is 5.94. The monoisotopic (exact) mass is 334 g/mol. The Hall–Kier alpha value is -2.92. The molecule has 3 rings (SSSR count). The van der Waals surface area contributed by atoms with E-state index in [-0.39, 0.29) is 11.9 Å². The van der Waals surface area contributed by atoms with Crippen LogP contribution in [0.3, 0.4) is 0 Å². The number of anilines is 1. The largest absolute Gasteiger partial charge is 0.309 e. The third kappa shape index (κ3) is 3.78. The summed E-state index contributed by atoms with van der Waals surface area (Å²) < 4.78 is 1.77. The number of hydrogen-bond acceptors (Lipinski definition) is 3. The molecule has 25 heavy (non-hydrogen) atoms. The Morgan fingerprint density at radius 2 is 1.64 bits per heavy atom. The molecule has 2 aromatic carbocycles. The number of nitrogens with zero attached hydrogens (tertiary/aromatic N) is 3. The molecule has 0 aliphatic carbocycles. The Labute approximate surface area is 147 Å². The molecule has 5 nitrogen and oxygen atoms in total. The number of nitrogens with one attached hydrogen (secondary N) is 1. The highest BCUT2D eigenvalue weighted by atomic mass is 16.2. The van der Waals surface area contributed by atoms with E-state index in [0.29, 0.717) is 5.82 Å². The number of likely N-dealkylation sites (N-methyl/N-ethyl adjacent to an activating group) is 1. The van der Waals surface area contributed by atoms with E-state index in [0.717, 1.165) is 16.9 Å². The summed E-state index contributed by atoms with van der Waals surface area (Å²) in [5.41, 5.74) is 2.73. The van der Waals surface area contributed by atoms with Gasteiger partial charge in [-0.15, -0.1) is 0 Å². The number of aromatic nitrogens is 2. The summed E-state index contributed by atoms with van der Waals surface area (Å²) in [4.78, 5) is 14.4. The van der Waals surface area contributed by atoms with Gasteiger partial charge in [0.25, 0.3) is 0 Å². The van der Waals surface area contributed by atoms with Gasteiger partial charge in [0, 0.05) is 11.6 Å². The first kappa shape index (κ1) is 16.9. The second-order valence-corrected chi connectivity index (χ2v) is 6.16. The SMILES string of the molecule is C[C@H](C(=O)Nc1cc(-c2ccccc2)nn1-c1ccccc1)N(C)C. The lowest BCUT2D eigenvalue weighted by Gasteiger charge is -2.19. The van der Waals surface area contributed by atoms with Crippen molar-refractivity contribution >= 4 is 11.7 Å². The van der Waals surface area contributed by atoms with Crippen LogP contribution in [0.5, 0.6) is 0 Å². The average molecular weight is 334 g/mol. The minimum atomic E-state index is -0.237. The maximum absolute atomic E-state index is 12.5. The fourth-order valence-electron chi connectivity index (χ4n) is 2.45. The molecule has 0 fully saturated rings. The zero-order valence-electron chi connectivity index (χ0n) is 14.7. The van der Waals surface area contributed by atoms with Gasteiger partial charge in [-0.1, -0.05) is 48.5 Å². The van der Waals surface area contributed by atoms with Gasteiger partial charge in [0.05, 0.1) is 17.4 Å². The molecule has 5 heteroatoms. The number of rotatable bonds is 5. The van der Waals surface area contributed by atoms with Gasteiger partial charge < -0.3 is 5.32 Å². The molecular formula is C20H22N4O. The molecular weight excluding hydrogens is 312 g/mol. The first-order valence-corrected chi connectivity index (χ1v) is 8.24. The number of benzene rings is 2. The van der Waals surface area contributed by atoms with E-state index in [1.54, 1.807) is 4.68 Å². The third-order valence-electron chi connectivity index (χ3n) is 4.18. The highest BCUT2D eigenvalue weighted by Gasteiger charge is 2.18. The van der Waals surface area contributed by atoms with Gasteiger partial charge >= 0.3 is 0 Å². The van der Waals surface area contributed by atoms with Crippen molar-refractivity contribution < 1.29 is 4.79 Å². The molecule has 0 unspecified atom stereocenters. The van der Waals surface area contributed by atoms with Crippen LogP contribution >= 0.6 is 0 Å². The van der Waals surface area contributed by atoms with Crippen LogP contribution in [0.25, 0.3) is 16.9 Å². The van der Waals surface area contributed by atoms with Gasteiger partial charge in [-0.3, -0.25) is 9.69 Å². The van der Waals surface area contributed by atoms with Crippen LogP contribution in [-0.4, -0.2) is 40.7 Å². The van der Waals surface area contributed by atoms with Crippen molar-refractivity contribution in [2.45, 2.75) is 13.0 Å². The molecule has 0 saturated carbocycles. The van der Waals surface area contributed by atoms with Gasteiger partial charge in [-0.25, -0.2) is 4.68 Å². The second-order valence-electron chi connectivity index (χ2n) is 6.16. The molecule has 1 heterocycles. The molecule has 0 aliphatic heterocycles. The lowest BCUT2D eigenvalue weighted by atomic mass is 10.1. The molecule has 0 aliphatic rings. The standard InChI is InChI=1S/C20H22N4O/c1-15(23(2)3)20(25)21-19-14-18(16-10-6-4-7-11-16)22-24(19)17-12-8-5-9-13-17/h4-15H,1-3H3,(H,21,25)/t15-/m1/s1. The van der Waals surface area contributed by atoms with Crippen LogP contribution in [0, 0.1) is 0 Å². The number of carbonyl (C=O) groups is 1. The molecule has 128 valence electrons. The minimum Gasteiger partial charge on any atom is -0.309 e. The first-order chi connectivity index (χ1) is 12.1. The molecule has 1 N–H and O–H groups in total. The molecule has 0 spiro atoms. The average Bonchev–Trinajstić information content (AvgIpc) is 3.06. The molecule has 3 aromatic rings. The summed E-state index contributed by atoms with van der Waals surface area (Å²) >= 11 is 0. The van der Waals surface area contributed by atoms with Crippen LogP contribution in [0.4, 0.5) is 5.82 Å². The number of para-hydroxylation sites is 1. The lowest BCUT2D eigenvalue weighted by Crippen LogP contribution is -2.37. The van der Waals surface area contributed by atoms with E-state index in [9.17, 15) is 4.79 Å². The van der Waals surface area contributed by atoms with E-state index >= 15 is 0 Å². The van der Waals surface area contributed by atoms with Crippen molar-refractivity contribution in [2.24, 2.45) is 0 Å². The number of hydrogen-bond donors (Lipinski definition) is 1. The van der Waals surface area contributed by atoms with E-state index in [1.807, 2.05) is 92.6 Å². The van der Waals surface area contributed by atoms with Crippen molar-refractivity contribution in [3.8, 4) is 16.9 Å². The quantitative estimate of drug-likeness (QED) is 0.778. The lowest BCUT2D eigenvalue weighted by molar-refractivity contribution is -0.119. The van der Waals surface area contributed by atoms with Gasteiger partial charge in [-0.2, -0.15) is 5.10 Å². The van der Waals surface area contributed by atoms with Crippen LogP contribution in [0.2, 0.25) is 0 Å². The summed E-state index contributed by atoms with van der Waals surface area (Å²) in [6, 6.07) is 21.4. The Balaban J connectivity index is 2.00. The summed E-state index contributed by atoms with van der Waals surface area (Å²) in [6.07, 6.45) is 0. The zero-order valence-corrected chi connectivity index (χ0v) is 14.7. The van der Waals surface area contributed by atoms with E-state index < -0.39 is 0 Å². The Morgan fingerprint density at radius 1 is 1.04 bits per heavy atom. The molecule has 1 atom stereocenters. The van der Waals surface area contributed by atoms with Gasteiger partial charge in [0.1, 0.15) is 5.82 Å². The van der Waals surface area contributed by atoms with Crippen molar-refractivity contribution in [1.29, 1.82) is 0 Å². The van der Waals surface area contributed by atoms with Crippen molar-refractivity contribution in [3.05, 3.63) is 66.7 Å². The molecule has 0 saturated heterocycles. The Kier molecular flexibility index (Phi) is 4.95. The van der Waals surface area contributed by atoms with E-state index in [2.05, 4.69) is 5.32 Å². The maximum Gasteiger partial charge on any atom is 0.242 e. The van der Waals surface area contributed by atoms with Crippen LogP contribution in [0.1, 0.15) is 6.92 Å². The molecule has 0 bridgehead atoms. The predicted molar refractivity (Wildman–Crippen MR) is 101 cm³/mol. The first-order valence-electron chi connectivity index (χ1n) is 8.24. The van der Waals surface area contributed by atoms with E-state index in [4.69, 9.17) is 5.10 Å². The van der Waals surface area contributed by atoms with Crippen LogP contribution in [0.15, 0.2) is 66.7 Å². The van der Waals surface area contributed by atoms with Crippen molar-refractivity contribution in [2.75, 3.05) is 19.4 Å². The number of amides is 1. The highest BCUT2D eigenvalue weighted by Crippen LogP contribution is 2.24. The van der Waals surface area contributed by atoms with Gasteiger partial charge in [-0.05, 0) is 33.2 Å².